The molecule has 0 fully saturated rings. The average molecular weight is 207 g/mol. The smallest absolute Gasteiger partial charge is 0.255 e. The Bertz CT molecular complexity index is 336. The SMILES string of the molecule is Cc1c(Cl)ccc(F)c1C(=O)Cl. The van der Waals surface area contributed by atoms with Gasteiger partial charge in [0.05, 0.1) is 5.56 Å². The molecule has 1 aromatic carbocycles. The van der Waals surface area contributed by atoms with Gasteiger partial charge in [-0.3, -0.25) is 4.79 Å². The second kappa shape index (κ2) is 3.42. The zero-order chi connectivity index (χ0) is 9.30. The van der Waals surface area contributed by atoms with Crippen molar-refractivity contribution < 1.29 is 9.18 Å². The molecule has 0 bridgehead atoms. The van der Waals surface area contributed by atoms with Crippen molar-refractivity contribution in [1.29, 1.82) is 0 Å². The molecule has 0 radical (unpaired) electrons. The molecule has 0 aromatic heterocycles. The molecule has 1 rings (SSSR count). The minimum absolute atomic E-state index is 0.149. The molecule has 1 aromatic rings. The summed E-state index contributed by atoms with van der Waals surface area (Å²) in [6.07, 6.45) is 0. The summed E-state index contributed by atoms with van der Waals surface area (Å²) >= 11 is 10.8. The first-order chi connectivity index (χ1) is 5.54. The van der Waals surface area contributed by atoms with Gasteiger partial charge in [-0.15, -0.1) is 0 Å². The Morgan fingerprint density at radius 2 is 2.08 bits per heavy atom. The van der Waals surface area contributed by atoms with Gasteiger partial charge in [-0.05, 0) is 36.2 Å². The van der Waals surface area contributed by atoms with Crippen LogP contribution in [-0.4, -0.2) is 5.24 Å². The van der Waals surface area contributed by atoms with E-state index in [1.165, 1.54) is 6.07 Å². The number of halogens is 3. The minimum atomic E-state index is -0.826. The van der Waals surface area contributed by atoms with E-state index < -0.39 is 11.1 Å². The van der Waals surface area contributed by atoms with Crippen molar-refractivity contribution in [3.8, 4) is 0 Å². The van der Waals surface area contributed by atoms with Crippen molar-refractivity contribution in [1.82, 2.24) is 0 Å². The molecule has 0 amide bonds. The molecule has 0 spiro atoms. The molecule has 0 N–H and O–H groups in total. The molecule has 12 heavy (non-hydrogen) atoms. The van der Waals surface area contributed by atoms with Gasteiger partial charge in [0.1, 0.15) is 5.82 Å². The molecule has 0 heterocycles. The standard InChI is InChI=1S/C8H5Cl2FO/c1-4-5(9)2-3-6(11)7(4)8(10)12/h2-3H,1H3. The number of hydrogen-bond acceptors (Lipinski definition) is 1. The highest BCUT2D eigenvalue weighted by atomic mass is 35.5. The zero-order valence-electron chi connectivity index (χ0n) is 6.20. The Kier molecular flexibility index (Phi) is 2.70. The van der Waals surface area contributed by atoms with Gasteiger partial charge in [-0.25, -0.2) is 4.39 Å². The van der Waals surface area contributed by atoms with Gasteiger partial charge in [0.25, 0.3) is 5.24 Å². The van der Waals surface area contributed by atoms with Crippen molar-refractivity contribution >= 4 is 28.4 Å². The van der Waals surface area contributed by atoms with Gasteiger partial charge in [0.15, 0.2) is 0 Å². The van der Waals surface area contributed by atoms with E-state index in [0.29, 0.717) is 10.6 Å². The van der Waals surface area contributed by atoms with E-state index in [4.69, 9.17) is 23.2 Å². The molecular weight excluding hydrogens is 202 g/mol. The second-order valence-electron chi connectivity index (χ2n) is 2.30. The summed E-state index contributed by atoms with van der Waals surface area (Å²) in [5, 5.41) is -0.493. The van der Waals surface area contributed by atoms with Crippen molar-refractivity contribution in [2.24, 2.45) is 0 Å². The van der Waals surface area contributed by atoms with E-state index in [1.807, 2.05) is 0 Å². The molecule has 0 aliphatic rings. The molecule has 0 atom stereocenters. The van der Waals surface area contributed by atoms with Crippen LogP contribution in [0.15, 0.2) is 12.1 Å². The van der Waals surface area contributed by atoms with Crippen LogP contribution in [0.5, 0.6) is 0 Å². The molecule has 0 aliphatic heterocycles. The third-order valence-electron chi connectivity index (χ3n) is 1.54. The van der Waals surface area contributed by atoms with Crippen molar-refractivity contribution in [3.05, 3.63) is 34.1 Å². The Hall–Kier alpha value is -0.600. The van der Waals surface area contributed by atoms with Crippen molar-refractivity contribution in [3.63, 3.8) is 0 Å². The Morgan fingerprint density at radius 1 is 1.50 bits per heavy atom. The molecule has 64 valence electrons. The monoisotopic (exact) mass is 206 g/mol. The third-order valence-corrected chi connectivity index (χ3v) is 2.14. The van der Waals surface area contributed by atoms with Crippen LogP contribution >= 0.6 is 23.2 Å². The van der Waals surface area contributed by atoms with Gasteiger partial charge in [-0.1, -0.05) is 11.6 Å². The first kappa shape index (κ1) is 9.49. The summed E-state index contributed by atoms with van der Waals surface area (Å²) in [6.45, 7) is 1.54. The zero-order valence-corrected chi connectivity index (χ0v) is 7.71. The predicted octanol–water partition coefficient (Wildman–Crippen LogP) is 3.17. The Morgan fingerprint density at radius 3 is 2.50 bits per heavy atom. The third kappa shape index (κ3) is 1.59. The number of rotatable bonds is 1. The number of benzene rings is 1. The highest BCUT2D eigenvalue weighted by Gasteiger charge is 2.14. The minimum Gasteiger partial charge on any atom is -0.275 e. The van der Waals surface area contributed by atoms with E-state index in [1.54, 1.807) is 6.92 Å². The summed E-state index contributed by atoms with van der Waals surface area (Å²) in [4.78, 5) is 10.7. The molecule has 0 saturated heterocycles. The second-order valence-corrected chi connectivity index (χ2v) is 3.05. The quantitative estimate of drug-likeness (QED) is 0.646. The molecule has 0 aliphatic carbocycles. The van der Waals surface area contributed by atoms with Crippen LogP contribution in [0.1, 0.15) is 15.9 Å². The lowest BCUT2D eigenvalue weighted by Gasteiger charge is -2.03. The molecule has 4 heteroatoms. The topological polar surface area (TPSA) is 17.1 Å². The lowest BCUT2D eigenvalue weighted by molar-refractivity contribution is 0.107. The van der Waals surface area contributed by atoms with Gasteiger partial charge in [0.2, 0.25) is 0 Å². The molecular formula is C8H5Cl2FO. The van der Waals surface area contributed by atoms with Crippen LogP contribution in [0.25, 0.3) is 0 Å². The van der Waals surface area contributed by atoms with Gasteiger partial charge in [0, 0.05) is 5.02 Å². The van der Waals surface area contributed by atoms with Gasteiger partial charge in [-0.2, -0.15) is 0 Å². The largest absolute Gasteiger partial charge is 0.275 e. The van der Waals surface area contributed by atoms with Gasteiger partial charge < -0.3 is 0 Å². The lowest BCUT2D eigenvalue weighted by Crippen LogP contribution is -1.98. The first-order valence-electron chi connectivity index (χ1n) is 3.18. The average Bonchev–Trinajstić information content (AvgIpc) is 1.97. The normalized spacial score (nSPS) is 10.0. The van der Waals surface area contributed by atoms with E-state index >= 15 is 0 Å². The summed E-state index contributed by atoms with van der Waals surface area (Å²) in [7, 11) is 0. The highest BCUT2D eigenvalue weighted by Crippen LogP contribution is 2.22. The van der Waals surface area contributed by atoms with Crippen LogP contribution in [0.3, 0.4) is 0 Å². The molecule has 0 unspecified atom stereocenters. The molecule has 0 saturated carbocycles. The maximum atomic E-state index is 12.9. The summed E-state index contributed by atoms with van der Waals surface area (Å²) < 4.78 is 12.9. The predicted molar refractivity (Wildman–Crippen MR) is 46.3 cm³/mol. The number of carbonyl (C=O) groups is 1. The van der Waals surface area contributed by atoms with E-state index in [0.717, 1.165) is 6.07 Å². The van der Waals surface area contributed by atoms with E-state index in [-0.39, 0.29) is 5.56 Å². The summed E-state index contributed by atoms with van der Waals surface area (Å²) in [5.41, 5.74) is 0.223. The Balaban J connectivity index is 3.43. The van der Waals surface area contributed by atoms with Crippen LogP contribution in [0, 0.1) is 12.7 Å². The maximum absolute atomic E-state index is 12.9. The first-order valence-corrected chi connectivity index (χ1v) is 3.94. The van der Waals surface area contributed by atoms with Crippen LogP contribution in [0.2, 0.25) is 5.02 Å². The highest BCUT2D eigenvalue weighted by molar-refractivity contribution is 6.68. The molecule has 1 nitrogen and oxygen atoms in total. The van der Waals surface area contributed by atoms with E-state index in [9.17, 15) is 9.18 Å². The number of carbonyl (C=O) groups excluding carboxylic acids is 1. The fourth-order valence-corrected chi connectivity index (χ4v) is 1.28. The van der Waals surface area contributed by atoms with Crippen molar-refractivity contribution in [2.45, 2.75) is 6.92 Å². The fraction of sp³-hybridized carbons (Fsp3) is 0.125. The van der Waals surface area contributed by atoms with Gasteiger partial charge >= 0.3 is 0 Å². The maximum Gasteiger partial charge on any atom is 0.255 e. The fourth-order valence-electron chi connectivity index (χ4n) is 0.894. The van der Waals surface area contributed by atoms with Crippen LogP contribution in [0.4, 0.5) is 4.39 Å². The van der Waals surface area contributed by atoms with Crippen LogP contribution in [-0.2, 0) is 0 Å². The van der Waals surface area contributed by atoms with E-state index in [2.05, 4.69) is 0 Å². The summed E-state index contributed by atoms with van der Waals surface area (Å²) in [6, 6.07) is 2.50. The van der Waals surface area contributed by atoms with Crippen molar-refractivity contribution in [2.75, 3.05) is 0 Å². The lowest BCUT2D eigenvalue weighted by atomic mass is 10.1. The summed E-state index contributed by atoms with van der Waals surface area (Å²) in [5.74, 6) is -0.642. The van der Waals surface area contributed by atoms with Crippen LogP contribution < -0.4 is 0 Å². The Labute approximate surface area is 79.1 Å². The number of hydrogen-bond donors (Lipinski definition) is 0.